The summed E-state index contributed by atoms with van der Waals surface area (Å²) in [6, 6.07) is 6.76. The first-order valence-corrected chi connectivity index (χ1v) is 6.11. The lowest BCUT2D eigenvalue weighted by Gasteiger charge is -2.12. The van der Waals surface area contributed by atoms with E-state index >= 15 is 0 Å². The average molecular weight is 235 g/mol. The third-order valence-corrected chi connectivity index (χ3v) is 3.66. The summed E-state index contributed by atoms with van der Waals surface area (Å²) in [5, 5.41) is 5.50. The molecule has 1 aliphatic rings. The number of halogens is 1. The predicted octanol–water partition coefficient (Wildman–Crippen LogP) is 3.14. The minimum Gasteiger partial charge on any atom is -0.343 e. The largest absolute Gasteiger partial charge is 0.343 e. The molecule has 1 aliphatic heterocycles. The number of aromatic nitrogens is 1. The highest BCUT2D eigenvalue weighted by Crippen LogP contribution is 2.28. The van der Waals surface area contributed by atoms with E-state index in [1.807, 2.05) is 6.07 Å². The van der Waals surface area contributed by atoms with Crippen LogP contribution in [0.25, 0.3) is 10.9 Å². The molecule has 84 valence electrons. The van der Waals surface area contributed by atoms with Gasteiger partial charge in [-0.1, -0.05) is 11.6 Å². The number of nitrogens with one attached hydrogen (secondary N) is 1. The molecule has 1 fully saturated rings. The molecule has 1 saturated heterocycles. The molecule has 2 aromatic rings. The predicted molar refractivity (Wildman–Crippen MR) is 68.2 cm³/mol. The standard InChI is InChI=1S/C13H15ClN2/c1-9-8-16(11-4-5-15-7-11)13-3-2-10(14)6-12(9)13/h2-3,6,8,11,15H,4-5,7H2,1H3/t11-/m1/s1. The SMILES string of the molecule is Cc1cn([C@@H]2CCNC2)c2ccc(Cl)cc12. The maximum atomic E-state index is 6.04. The van der Waals surface area contributed by atoms with E-state index in [1.165, 1.54) is 22.9 Å². The fourth-order valence-corrected chi connectivity index (χ4v) is 2.75. The van der Waals surface area contributed by atoms with Crippen LogP contribution in [0.3, 0.4) is 0 Å². The third kappa shape index (κ3) is 1.53. The highest BCUT2D eigenvalue weighted by Gasteiger charge is 2.18. The Morgan fingerprint density at radius 1 is 1.44 bits per heavy atom. The van der Waals surface area contributed by atoms with Gasteiger partial charge in [0.2, 0.25) is 0 Å². The summed E-state index contributed by atoms with van der Waals surface area (Å²) >= 11 is 6.04. The lowest BCUT2D eigenvalue weighted by molar-refractivity contribution is 0.565. The Labute approximate surface area is 100 Å². The molecule has 16 heavy (non-hydrogen) atoms. The fourth-order valence-electron chi connectivity index (χ4n) is 2.58. The van der Waals surface area contributed by atoms with Crippen LogP contribution in [0.4, 0.5) is 0 Å². The number of hydrogen-bond acceptors (Lipinski definition) is 1. The van der Waals surface area contributed by atoms with Crippen molar-refractivity contribution < 1.29 is 0 Å². The Morgan fingerprint density at radius 3 is 3.06 bits per heavy atom. The van der Waals surface area contributed by atoms with E-state index in [-0.39, 0.29) is 0 Å². The molecule has 0 saturated carbocycles. The summed E-state index contributed by atoms with van der Waals surface area (Å²) in [6.45, 7) is 4.35. The van der Waals surface area contributed by atoms with Gasteiger partial charge in [0.15, 0.2) is 0 Å². The van der Waals surface area contributed by atoms with E-state index < -0.39 is 0 Å². The summed E-state index contributed by atoms with van der Waals surface area (Å²) in [4.78, 5) is 0. The van der Waals surface area contributed by atoms with Gasteiger partial charge in [0.05, 0.1) is 0 Å². The third-order valence-electron chi connectivity index (χ3n) is 3.42. The van der Waals surface area contributed by atoms with E-state index in [0.29, 0.717) is 6.04 Å². The van der Waals surface area contributed by atoms with E-state index in [9.17, 15) is 0 Å². The smallest absolute Gasteiger partial charge is 0.0487 e. The molecule has 0 amide bonds. The molecule has 2 nitrogen and oxygen atoms in total. The van der Waals surface area contributed by atoms with Crippen LogP contribution in [0.15, 0.2) is 24.4 Å². The number of rotatable bonds is 1. The molecule has 0 aliphatic carbocycles. The number of nitrogens with zero attached hydrogens (tertiary/aromatic N) is 1. The fraction of sp³-hybridized carbons (Fsp3) is 0.385. The van der Waals surface area contributed by atoms with Crippen LogP contribution < -0.4 is 5.32 Å². The number of benzene rings is 1. The van der Waals surface area contributed by atoms with Crippen molar-refractivity contribution in [2.45, 2.75) is 19.4 Å². The Morgan fingerprint density at radius 2 is 2.31 bits per heavy atom. The van der Waals surface area contributed by atoms with Gasteiger partial charge in [0.25, 0.3) is 0 Å². The molecule has 1 atom stereocenters. The Kier molecular flexibility index (Phi) is 2.41. The van der Waals surface area contributed by atoms with Crippen LogP contribution in [0.1, 0.15) is 18.0 Å². The zero-order valence-electron chi connectivity index (χ0n) is 9.33. The highest BCUT2D eigenvalue weighted by molar-refractivity contribution is 6.31. The quantitative estimate of drug-likeness (QED) is 0.802. The topological polar surface area (TPSA) is 17.0 Å². The van der Waals surface area contributed by atoms with Crippen LogP contribution in [-0.2, 0) is 0 Å². The zero-order valence-corrected chi connectivity index (χ0v) is 10.1. The lowest BCUT2D eigenvalue weighted by Crippen LogP contribution is -2.12. The number of hydrogen-bond donors (Lipinski definition) is 1. The maximum Gasteiger partial charge on any atom is 0.0487 e. The molecule has 1 aromatic heterocycles. The van der Waals surface area contributed by atoms with Crippen LogP contribution in [-0.4, -0.2) is 17.7 Å². The Hall–Kier alpha value is -0.990. The second kappa shape index (κ2) is 3.79. The van der Waals surface area contributed by atoms with E-state index in [0.717, 1.165) is 18.1 Å². The molecule has 1 aromatic carbocycles. The first kappa shape index (κ1) is 10.2. The van der Waals surface area contributed by atoms with Crippen LogP contribution in [0.2, 0.25) is 5.02 Å². The highest BCUT2D eigenvalue weighted by atomic mass is 35.5. The van der Waals surface area contributed by atoms with Gasteiger partial charge in [-0.3, -0.25) is 0 Å². The molecule has 3 rings (SSSR count). The lowest BCUT2D eigenvalue weighted by atomic mass is 10.2. The van der Waals surface area contributed by atoms with Crippen molar-refractivity contribution in [2.24, 2.45) is 0 Å². The van der Waals surface area contributed by atoms with Crippen LogP contribution in [0, 0.1) is 6.92 Å². The summed E-state index contributed by atoms with van der Waals surface area (Å²) < 4.78 is 2.39. The molecular weight excluding hydrogens is 220 g/mol. The summed E-state index contributed by atoms with van der Waals surface area (Å²) in [5.41, 5.74) is 2.61. The second-order valence-electron chi connectivity index (χ2n) is 4.53. The summed E-state index contributed by atoms with van der Waals surface area (Å²) in [6.07, 6.45) is 3.46. The van der Waals surface area contributed by atoms with Crippen molar-refractivity contribution in [1.29, 1.82) is 0 Å². The van der Waals surface area contributed by atoms with Gasteiger partial charge >= 0.3 is 0 Å². The van der Waals surface area contributed by atoms with Gasteiger partial charge in [-0.15, -0.1) is 0 Å². The molecule has 1 N–H and O–H groups in total. The minimum atomic E-state index is 0.595. The number of fused-ring (bicyclic) bond motifs is 1. The monoisotopic (exact) mass is 234 g/mol. The Bertz CT molecular complexity index is 524. The van der Waals surface area contributed by atoms with Gasteiger partial charge in [0, 0.05) is 34.7 Å². The number of aryl methyl sites for hydroxylation is 1. The first-order chi connectivity index (χ1) is 7.75. The molecule has 3 heteroatoms. The zero-order chi connectivity index (χ0) is 11.1. The van der Waals surface area contributed by atoms with Crippen LogP contribution in [0.5, 0.6) is 0 Å². The van der Waals surface area contributed by atoms with Crippen molar-refractivity contribution in [1.82, 2.24) is 9.88 Å². The van der Waals surface area contributed by atoms with Crippen molar-refractivity contribution >= 4 is 22.5 Å². The summed E-state index contributed by atoms with van der Waals surface area (Å²) in [7, 11) is 0. The molecule has 0 radical (unpaired) electrons. The van der Waals surface area contributed by atoms with Crippen molar-refractivity contribution in [2.75, 3.05) is 13.1 Å². The Balaban J connectivity index is 2.18. The molecule has 0 unspecified atom stereocenters. The molecule has 2 heterocycles. The molecule has 0 bridgehead atoms. The normalized spacial score (nSPS) is 20.8. The van der Waals surface area contributed by atoms with Gasteiger partial charge in [-0.2, -0.15) is 0 Å². The van der Waals surface area contributed by atoms with E-state index in [1.54, 1.807) is 0 Å². The van der Waals surface area contributed by atoms with Crippen molar-refractivity contribution in [3.8, 4) is 0 Å². The van der Waals surface area contributed by atoms with Gasteiger partial charge in [-0.25, -0.2) is 0 Å². The first-order valence-electron chi connectivity index (χ1n) is 5.73. The second-order valence-corrected chi connectivity index (χ2v) is 4.96. The van der Waals surface area contributed by atoms with Gasteiger partial charge in [-0.05, 0) is 43.7 Å². The summed E-state index contributed by atoms with van der Waals surface area (Å²) in [5.74, 6) is 0. The van der Waals surface area contributed by atoms with Crippen molar-refractivity contribution in [3.63, 3.8) is 0 Å². The maximum absolute atomic E-state index is 6.04. The minimum absolute atomic E-state index is 0.595. The van der Waals surface area contributed by atoms with Crippen molar-refractivity contribution in [3.05, 3.63) is 35.0 Å². The van der Waals surface area contributed by atoms with Crippen LogP contribution >= 0.6 is 11.6 Å². The molecular formula is C13H15ClN2. The van der Waals surface area contributed by atoms with Gasteiger partial charge < -0.3 is 9.88 Å². The van der Waals surface area contributed by atoms with E-state index in [4.69, 9.17) is 11.6 Å². The van der Waals surface area contributed by atoms with Gasteiger partial charge in [0.1, 0.15) is 0 Å². The molecule has 0 spiro atoms. The average Bonchev–Trinajstić information content (AvgIpc) is 2.87. The van der Waals surface area contributed by atoms with E-state index in [2.05, 4.69) is 35.1 Å².